The van der Waals surface area contributed by atoms with Gasteiger partial charge in [-0.25, -0.2) is 13.2 Å². The number of hydrogen-bond donors (Lipinski definition) is 1. The summed E-state index contributed by atoms with van der Waals surface area (Å²) in [6.07, 6.45) is 0.667. The topological polar surface area (TPSA) is 71.4 Å². The van der Waals surface area contributed by atoms with Gasteiger partial charge in [0.1, 0.15) is 0 Å². The smallest absolute Gasteiger partial charge is 0.335 e. The number of sulfone groups is 1. The second-order valence-electron chi connectivity index (χ2n) is 4.88. The van der Waals surface area contributed by atoms with E-state index in [2.05, 4.69) is 0 Å². The first-order valence-electron chi connectivity index (χ1n) is 5.93. The highest BCUT2D eigenvalue weighted by molar-refractivity contribution is 7.91. The molecule has 0 aromatic heterocycles. The van der Waals surface area contributed by atoms with Crippen LogP contribution in [-0.2, 0) is 9.84 Å². The number of carboxylic acids is 1. The van der Waals surface area contributed by atoms with Gasteiger partial charge in [-0.1, -0.05) is 19.1 Å². The van der Waals surface area contributed by atoms with Gasteiger partial charge in [-0.2, -0.15) is 0 Å². The minimum Gasteiger partial charge on any atom is -0.478 e. The molecule has 0 spiro atoms. The van der Waals surface area contributed by atoms with Crippen molar-refractivity contribution in [3.05, 3.63) is 35.4 Å². The lowest BCUT2D eigenvalue weighted by atomic mass is 9.86. The van der Waals surface area contributed by atoms with Crippen molar-refractivity contribution >= 4 is 15.8 Å². The van der Waals surface area contributed by atoms with E-state index in [0.29, 0.717) is 6.42 Å². The Kier molecular flexibility index (Phi) is 3.43. The van der Waals surface area contributed by atoms with Crippen LogP contribution in [0, 0.1) is 5.92 Å². The van der Waals surface area contributed by atoms with E-state index in [4.69, 9.17) is 5.11 Å². The second kappa shape index (κ2) is 4.72. The summed E-state index contributed by atoms with van der Waals surface area (Å²) in [4.78, 5) is 10.9. The molecule has 1 fully saturated rings. The molecule has 0 aliphatic carbocycles. The van der Waals surface area contributed by atoms with Crippen LogP contribution in [0.2, 0.25) is 0 Å². The van der Waals surface area contributed by atoms with Crippen molar-refractivity contribution in [2.45, 2.75) is 19.3 Å². The second-order valence-corrected chi connectivity index (χ2v) is 7.11. The van der Waals surface area contributed by atoms with E-state index < -0.39 is 15.8 Å². The molecule has 1 aromatic carbocycles. The van der Waals surface area contributed by atoms with E-state index in [1.165, 1.54) is 0 Å². The molecule has 98 valence electrons. The number of aromatic carboxylic acids is 1. The molecule has 0 radical (unpaired) electrons. The van der Waals surface area contributed by atoms with Gasteiger partial charge in [-0.15, -0.1) is 0 Å². The number of carboxylic acid groups (broad SMARTS) is 1. The highest BCUT2D eigenvalue weighted by Crippen LogP contribution is 2.33. The molecule has 18 heavy (non-hydrogen) atoms. The summed E-state index contributed by atoms with van der Waals surface area (Å²) in [5.41, 5.74) is 1.15. The summed E-state index contributed by atoms with van der Waals surface area (Å²) >= 11 is 0. The molecule has 1 saturated heterocycles. The SMILES string of the molecule is CC(c1cccc(C(=O)O)c1)C1CCS(=O)(=O)C1. The third-order valence-corrected chi connectivity index (χ3v) is 5.43. The Labute approximate surface area is 107 Å². The van der Waals surface area contributed by atoms with E-state index in [1.54, 1.807) is 18.2 Å². The van der Waals surface area contributed by atoms with Crippen LogP contribution < -0.4 is 0 Å². The summed E-state index contributed by atoms with van der Waals surface area (Å²) in [6.45, 7) is 1.96. The van der Waals surface area contributed by atoms with Gasteiger partial charge in [0, 0.05) is 0 Å². The molecule has 0 amide bonds. The Bertz CT molecular complexity index is 562. The zero-order valence-electron chi connectivity index (χ0n) is 10.2. The predicted octanol–water partition coefficient (Wildman–Crippen LogP) is 1.92. The molecule has 2 unspecified atom stereocenters. The van der Waals surface area contributed by atoms with Gasteiger partial charge in [0.25, 0.3) is 0 Å². The molecule has 1 aliphatic rings. The zero-order valence-corrected chi connectivity index (χ0v) is 11.0. The van der Waals surface area contributed by atoms with Crippen LogP contribution in [0.5, 0.6) is 0 Å². The van der Waals surface area contributed by atoms with E-state index in [9.17, 15) is 13.2 Å². The van der Waals surface area contributed by atoms with E-state index >= 15 is 0 Å². The molecule has 1 aliphatic heterocycles. The van der Waals surface area contributed by atoms with E-state index in [-0.39, 0.29) is 28.9 Å². The van der Waals surface area contributed by atoms with Crippen LogP contribution in [0.3, 0.4) is 0 Å². The number of carbonyl (C=O) groups is 1. The monoisotopic (exact) mass is 268 g/mol. The Hall–Kier alpha value is -1.36. The highest BCUT2D eigenvalue weighted by Gasteiger charge is 2.32. The Morgan fingerprint density at radius 1 is 1.44 bits per heavy atom. The van der Waals surface area contributed by atoms with Gasteiger partial charge in [0.05, 0.1) is 17.1 Å². The Balaban J connectivity index is 2.21. The van der Waals surface area contributed by atoms with E-state index in [0.717, 1.165) is 5.56 Å². The summed E-state index contributed by atoms with van der Waals surface area (Å²) in [5.74, 6) is -0.324. The van der Waals surface area contributed by atoms with Gasteiger partial charge in [0.15, 0.2) is 9.84 Å². The maximum absolute atomic E-state index is 11.5. The van der Waals surface area contributed by atoms with Crippen molar-refractivity contribution in [3.63, 3.8) is 0 Å². The van der Waals surface area contributed by atoms with Crippen molar-refractivity contribution < 1.29 is 18.3 Å². The fraction of sp³-hybridized carbons (Fsp3) is 0.462. The molecular formula is C13H16O4S. The summed E-state index contributed by atoms with van der Waals surface area (Å²) in [6, 6.07) is 6.75. The normalized spacial score (nSPS) is 23.7. The van der Waals surface area contributed by atoms with Gasteiger partial charge in [-0.05, 0) is 36.0 Å². The number of hydrogen-bond acceptors (Lipinski definition) is 3. The minimum atomic E-state index is -2.89. The first-order chi connectivity index (χ1) is 8.39. The van der Waals surface area contributed by atoms with Gasteiger partial charge in [-0.3, -0.25) is 0 Å². The Morgan fingerprint density at radius 3 is 2.72 bits per heavy atom. The molecule has 2 rings (SSSR count). The minimum absolute atomic E-state index is 0.0709. The van der Waals surface area contributed by atoms with Gasteiger partial charge in [0.2, 0.25) is 0 Å². The molecule has 0 bridgehead atoms. The average Bonchev–Trinajstić information content (AvgIpc) is 2.69. The summed E-state index contributed by atoms with van der Waals surface area (Å²) < 4.78 is 22.9. The quantitative estimate of drug-likeness (QED) is 0.909. The van der Waals surface area contributed by atoms with Crippen LogP contribution in [0.1, 0.15) is 35.2 Å². The van der Waals surface area contributed by atoms with Crippen molar-refractivity contribution in [1.29, 1.82) is 0 Å². The molecule has 1 N–H and O–H groups in total. The van der Waals surface area contributed by atoms with Crippen molar-refractivity contribution in [1.82, 2.24) is 0 Å². The van der Waals surface area contributed by atoms with Crippen LogP contribution >= 0.6 is 0 Å². The number of rotatable bonds is 3. The predicted molar refractivity (Wildman–Crippen MR) is 68.6 cm³/mol. The number of benzene rings is 1. The van der Waals surface area contributed by atoms with Crippen molar-refractivity contribution in [2.24, 2.45) is 5.92 Å². The standard InChI is InChI=1S/C13H16O4S/c1-9(12-5-6-18(16,17)8-12)10-3-2-4-11(7-10)13(14)15/h2-4,7,9,12H,5-6,8H2,1H3,(H,14,15). The maximum Gasteiger partial charge on any atom is 0.335 e. The van der Waals surface area contributed by atoms with Crippen molar-refractivity contribution in [3.8, 4) is 0 Å². The largest absolute Gasteiger partial charge is 0.478 e. The lowest BCUT2D eigenvalue weighted by molar-refractivity contribution is 0.0696. The molecular weight excluding hydrogens is 252 g/mol. The lowest BCUT2D eigenvalue weighted by Gasteiger charge is -2.18. The fourth-order valence-electron chi connectivity index (χ4n) is 2.45. The summed E-state index contributed by atoms with van der Waals surface area (Å²) in [5, 5.41) is 8.94. The van der Waals surface area contributed by atoms with Gasteiger partial charge >= 0.3 is 5.97 Å². The lowest BCUT2D eigenvalue weighted by Crippen LogP contribution is -2.12. The molecule has 0 saturated carbocycles. The Morgan fingerprint density at radius 2 is 2.17 bits per heavy atom. The van der Waals surface area contributed by atoms with Crippen LogP contribution in [0.25, 0.3) is 0 Å². The molecule has 1 heterocycles. The van der Waals surface area contributed by atoms with E-state index in [1.807, 2.05) is 13.0 Å². The molecule has 2 atom stereocenters. The fourth-order valence-corrected chi connectivity index (χ4v) is 4.38. The molecule has 5 heteroatoms. The van der Waals surface area contributed by atoms with Crippen LogP contribution in [0.4, 0.5) is 0 Å². The average molecular weight is 268 g/mol. The maximum atomic E-state index is 11.5. The first kappa shape index (κ1) is 13.1. The third-order valence-electron chi connectivity index (χ3n) is 3.63. The molecule has 1 aromatic rings. The highest BCUT2D eigenvalue weighted by atomic mass is 32.2. The molecule has 4 nitrogen and oxygen atoms in total. The van der Waals surface area contributed by atoms with Gasteiger partial charge < -0.3 is 5.11 Å². The summed E-state index contributed by atoms with van der Waals surface area (Å²) in [7, 11) is -2.89. The van der Waals surface area contributed by atoms with Crippen LogP contribution in [-0.4, -0.2) is 31.0 Å². The third kappa shape index (κ3) is 2.72. The zero-order chi connectivity index (χ0) is 13.3. The first-order valence-corrected chi connectivity index (χ1v) is 7.75. The van der Waals surface area contributed by atoms with Crippen LogP contribution in [0.15, 0.2) is 24.3 Å². The van der Waals surface area contributed by atoms with Crippen molar-refractivity contribution in [2.75, 3.05) is 11.5 Å².